The molecule has 140 valence electrons. The molecule has 5 nitrogen and oxygen atoms in total. The maximum Gasteiger partial charge on any atom is 0.241 e. The van der Waals surface area contributed by atoms with Crippen LogP contribution in [0.4, 0.5) is 5.69 Å². The average Bonchev–Trinajstić information content (AvgIpc) is 2.64. The van der Waals surface area contributed by atoms with Gasteiger partial charge in [0.25, 0.3) is 0 Å². The molecule has 5 heteroatoms. The number of ether oxygens (including phenoxy) is 2. The predicted molar refractivity (Wildman–Crippen MR) is 105 cm³/mol. The van der Waals surface area contributed by atoms with Gasteiger partial charge in [-0.2, -0.15) is 0 Å². The monoisotopic (exact) mass is 356 g/mol. The lowest BCUT2D eigenvalue weighted by molar-refractivity contribution is -0.119. The van der Waals surface area contributed by atoms with Crippen molar-refractivity contribution in [3.63, 3.8) is 0 Å². The fourth-order valence-corrected chi connectivity index (χ4v) is 2.99. The fraction of sp³-hybridized carbons (Fsp3) is 0.381. The zero-order valence-electron chi connectivity index (χ0n) is 16.3. The van der Waals surface area contributed by atoms with Gasteiger partial charge in [0.05, 0.1) is 20.8 Å². The maximum absolute atomic E-state index is 12.8. The molecule has 0 aliphatic heterocycles. The van der Waals surface area contributed by atoms with E-state index >= 15 is 0 Å². The number of hydrogen-bond donors (Lipinski definition) is 0. The molecule has 0 aromatic heterocycles. The van der Waals surface area contributed by atoms with Gasteiger partial charge in [-0.3, -0.25) is 9.69 Å². The van der Waals surface area contributed by atoms with Gasteiger partial charge in [0.2, 0.25) is 5.91 Å². The van der Waals surface area contributed by atoms with Crippen LogP contribution in [0.25, 0.3) is 0 Å². The topological polar surface area (TPSA) is 42.0 Å². The van der Waals surface area contributed by atoms with Gasteiger partial charge >= 0.3 is 0 Å². The van der Waals surface area contributed by atoms with Crippen molar-refractivity contribution in [2.24, 2.45) is 0 Å². The summed E-state index contributed by atoms with van der Waals surface area (Å²) >= 11 is 0. The Balaban J connectivity index is 2.08. The highest BCUT2D eigenvalue weighted by molar-refractivity contribution is 5.95. The van der Waals surface area contributed by atoms with E-state index in [9.17, 15) is 4.79 Å². The Hall–Kier alpha value is -2.53. The van der Waals surface area contributed by atoms with Crippen molar-refractivity contribution in [3.8, 4) is 11.5 Å². The number of aryl methyl sites for hydroxylation is 1. The van der Waals surface area contributed by atoms with Crippen LogP contribution in [0, 0.1) is 6.92 Å². The van der Waals surface area contributed by atoms with E-state index in [1.54, 1.807) is 14.2 Å². The predicted octanol–water partition coefficient (Wildman–Crippen LogP) is 3.50. The van der Waals surface area contributed by atoms with Gasteiger partial charge in [-0.1, -0.05) is 24.3 Å². The molecule has 0 unspecified atom stereocenters. The Labute approximate surface area is 156 Å². The Morgan fingerprint density at radius 3 is 2.42 bits per heavy atom. The minimum atomic E-state index is 0.0804. The molecular formula is C21H28N2O3. The lowest BCUT2D eigenvalue weighted by atomic mass is 10.1. The Bertz CT molecular complexity index is 746. The van der Waals surface area contributed by atoms with Crippen molar-refractivity contribution >= 4 is 11.6 Å². The summed E-state index contributed by atoms with van der Waals surface area (Å²) in [4.78, 5) is 16.6. The van der Waals surface area contributed by atoms with E-state index in [0.29, 0.717) is 19.6 Å². The molecule has 0 saturated carbocycles. The van der Waals surface area contributed by atoms with E-state index in [-0.39, 0.29) is 5.91 Å². The number of benzene rings is 2. The average molecular weight is 356 g/mol. The molecule has 26 heavy (non-hydrogen) atoms. The summed E-state index contributed by atoms with van der Waals surface area (Å²) in [5.41, 5.74) is 3.08. The highest BCUT2D eigenvalue weighted by atomic mass is 16.5. The first kappa shape index (κ1) is 19.8. The Morgan fingerprint density at radius 1 is 1.08 bits per heavy atom. The zero-order chi connectivity index (χ0) is 19.1. The molecule has 0 aliphatic carbocycles. The molecule has 2 aromatic rings. The maximum atomic E-state index is 12.8. The minimum absolute atomic E-state index is 0.0804. The smallest absolute Gasteiger partial charge is 0.241 e. The quantitative estimate of drug-likeness (QED) is 0.726. The van der Waals surface area contributed by atoms with Crippen LogP contribution in [0.15, 0.2) is 42.5 Å². The van der Waals surface area contributed by atoms with Crippen LogP contribution in [0.3, 0.4) is 0 Å². The number of carbonyl (C=O) groups excluding carboxylic acids is 1. The Kier molecular flexibility index (Phi) is 7.04. The summed E-state index contributed by atoms with van der Waals surface area (Å²) < 4.78 is 10.7. The first-order valence-corrected chi connectivity index (χ1v) is 8.75. The molecule has 0 N–H and O–H groups in total. The van der Waals surface area contributed by atoms with Crippen LogP contribution in [-0.2, 0) is 11.3 Å². The summed E-state index contributed by atoms with van der Waals surface area (Å²) in [6, 6.07) is 13.7. The minimum Gasteiger partial charge on any atom is -0.497 e. The van der Waals surface area contributed by atoms with Gasteiger partial charge in [-0.15, -0.1) is 0 Å². The lowest BCUT2D eigenvalue weighted by Crippen LogP contribution is -2.39. The van der Waals surface area contributed by atoms with Crippen molar-refractivity contribution in [3.05, 3.63) is 53.6 Å². The number of para-hydroxylation sites is 1. The standard InChI is InChI=1S/C21H28N2O3/c1-6-23(19-10-8-7-9-16(19)2)21(24)15-22(3)14-17-11-12-18(25-4)13-20(17)26-5/h7-13H,6,14-15H2,1-5H3. The van der Waals surface area contributed by atoms with Crippen molar-refractivity contribution in [1.82, 2.24) is 4.90 Å². The normalized spacial score (nSPS) is 10.7. The van der Waals surface area contributed by atoms with Gasteiger partial charge in [0, 0.05) is 30.4 Å². The number of hydrogen-bond acceptors (Lipinski definition) is 4. The second-order valence-electron chi connectivity index (χ2n) is 6.27. The number of methoxy groups -OCH3 is 2. The van der Waals surface area contributed by atoms with E-state index in [1.807, 2.05) is 73.2 Å². The van der Waals surface area contributed by atoms with Gasteiger partial charge in [0.15, 0.2) is 0 Å². The molecule has 0 saturated heterocycles. The third-order valence-electron chi connectivity index (χ3n) is 4.36. The van der Waals surface area contributed by atoms with Crippen LogP contribution in [-0.4, -0.2) is 45.2 Å². The highest BCUT2D eigenvalue weighted by Crippen LogP contribution is 2.25. The summed E-state index contributed by atoms with van der Waals surface area (Å²) in [5.74, 6) is 1.59. The molecule has 0 atom stereocenters. The summed E-state index contributed by atoms with van der Waals surface area (Å²) in [5, 5.41) is 0. The largest absolute Gasteiger partial charge is 0.497 e. The van der Waals surface area contributed by atoms with Gasteiger partial charge in [-0.25, -0.2) is 0 Å². The van der Waals surface area contributed by atoms with E-state index in [1.165, 1.54) is 0 Å². The molecule has 2 rings (SSSR count). The third-order valence-corrected chi connectivity index (χ3v) is 4.36. The van der Waals surface area contributed by atoms with Crippen molar-refractivity contribution in [1.29, 1.82) is 0 Å². The molecule has 0 spiro atoms. The zero-order valence-corrected chi connectivity index (χ0v) is 16.3. The van der Waals surface area contributed by atoms with Crippen LogP contribution < -0.4 is 14.4 Å². The second-order valence-corrected chi connectivity index (χ2v) is 6.27. The molecule has 2 aromatic carbocycles. The van der Waals surface area contributed by atoms with Gasteiger partial charge in [-0.05, 0) is 38.6 Å². The van der Waals surface area contributed by atoms with E-state index in [2.05, 4.69) is 0 Å². The SMILES string of the molecule is CCN(C(=O)CN(C)Cc1ccc(OC)cc1OC)c1ccccc1C. The highest BCUT2D eigenvalue weighted by Gasteiger charge is 2.18. The van der Waals surface area contributed by atoms with Crippen LogP contribution in [0.2, 0.25) is 0 Å². The van der Waals surface area contributed by atoms with Crippen LogP contribution in [0.5, 0.6) is 11.5 Å². The molecule has 0 bridgehead atoms. The van der Waals surface area contributed by atoms with Crippen LogP contribution >= 0.6 is 0 Å². The Morgan fingerprint density at radius 2 is 1.81 bits per heavy atom. The molecule has 0 heterocycles. The number of amides is 1. The van der Waals surface area contributed by atoms with Crippen molar-refractivity contribution < 1.29 is 14.3 Å². The molecule has 0 radical (unpaired) electrons. The number of nitrogens with zero attached hydrogens (tertiary/aromatic N) is 2. The molecule has 0 fully saturated rings. The first-order chi connectivity index (χ1) is 12.5. The van der Waals surface area contributed by atoms with Crippen LogP contribution in [0.1, 0.15) is 18.1 Å². The first-order valence-electron chi connectivity index (χ1n) is 8.75. The lowest BCUT2D eigenvalue weighted by Gasteiger charge is -2.26. The second kappa shape index (κ2) is 9.25. The summed E-state index contributed by atoms with van der Waals surface area (Å²) in [7, 11) is 5.21. The number of carbonyl (C=O) groups is 1. The molecule has 1 amide bonds. The van der Waals surface area contributed by atoms with Gasteiger partial charge in [0.1, 0.15) is 11.5 Å². The van der Waals surface area contributed by atoms with E-state index in [4.69, 9.17) is 9.47 Å². The van der Waals surface area contributed by atoms with Crippen molar-refractivity contribution in [2.45, 2.75) is 20.4 Å². The van der Waals surface area contributed by atoms with Crippen molar-refractivity contribution in [2.75, 3.05) is 39.3 Å². The number of rotatable bonds is 8. The van der Waals surface area contributed by atoms with Gasteiger partial charge < -0.3 is 14.4 Å². The fourth-order valence-electron chi connectivity index (χ4n) is 2.99. The van der Waals surface area contributed by atoms with E-state index in [0.717, 1.165) is 28.3 Å². The number of anilines is 1. The number of likely N-dealkylation sites (N-methyl/N-ethyl adjacent to an activating group) is 2. The molecule has 0 aliphatic rings. The molecular weight excluding hydrogens is 328 g/mol. The summed E-state index contributed by atoms with van der Waals surface area (Å²) in [6.07, 6.45) is 0. The summed E-state index contributed by atoms with van der Waals surface area (Å²) in [6.45, 7) is 5.61. The van der Waals surface area contributed by atoms with E-state index < -0.39 is 0 Å². The third kappa shape index (κ3) is 4.76.